The molecule has 0 saturated carbocycles. The second-order valence-electron chi connectivity index (χ2n) is 6.26. The Kier molecular flexibility index (Phi) is 7.18. The Balaban J connectivity index is 1.79. The molecule has 1 heterocycles. The number of piperidine rings is 1. The molecular weight excluding hydrogens is 309 g/mol. The zero-order valence-electron chi connectivity index (χ0n) is 14.2. The van der Waals surface area contributed by atoms with E-state index >= 15 is 0 Å². The van der Waals surface area contributed by atoms with Crippen molar-refractivity contribution in [1.29, 1.82) is 0 Å². The van der Waals surface area contributed by atoms with Crippen molar-refractivity contribution in [2.45, 2.75) is 45.2 Å². The summed E-state index contributed by atoms with van der Waals surface area (Å²) in [6, 6.07) is 6.77. The van der Waals surface area contributed by atoms with Crippen molar-refractivity contribution in [2.75, 3.05) is 19.6 Å². The smallest absolute Gasteiger partial charge is 0.234 e. The minimum atomic E-state index is -0.302. The molecule has 1 aliphatic rings. The molecule has 132 valence electrons. The molecular formula is C18H26FN3O2. The summed E-state index contributed by atoms with van der Waals surface area (Å²) in [6.07, 6.45) is 4.12. The zero-order valence-corrected chi connectivity index (χ0v) is 14.2. The SMILES string of the molecule is CC(=O)NCC[C@@H]1CCCCN1CC(=O)NCc1ccccc1F. The van der Waals surface area contributed by atoms with Crippen molar-refractivity contribution in [3.8, 4) is 0 Å². The number of hydrogen-bond donors (Lipinski definition) is 2. The molecule has 24 heavy (non-hydrogen) atoms. The van der Waals surface area contributed by atoms with E-state index in [1.165, 1.54) is 13.0 Å². The van der Waals surface area contributed by atoms with Crippen molar-refractivity contribution in [1.82, 2.24) is 15.5 Å². The summed E-state index contributed by atoms with van der Waals surface area (Å²) in [6.45, 7) is 3.55. The van der Waals surface area contributed by atoms with E-state index in [9.17, 15) is 14.0 Å². The lowest BCUT2D eigenvalue weighted by molar-refractivity contribution is -0.123. The topological polar surface area (TPSA) is 61.4 Å². The van der Waals surface area contributed by atoms with Gasteiger partial charge in [-0.2, -0.15) is 0 Å². The highest BCUT2D eigenvalue weighted by Crippen LogP contribution is 2.19. The maximum Gasteiger partial charge on any atom is 0.234 e. The molecule has 0 aromatic heterocycles. The first kappa shape index (κ1) is 18.4. The zero-order chi connectivity index (χ0) is 17.4. The summed E-state index contributed by atoms with van der Waals surface area (Å²) in [5.74, 6) is -0.423. The number of nitrogens with zero attached hydrogens (tertiary/aromatic N) is 1. The summed E-state index contributed by atoms with van der Waals surface area (Å²) >= 11 is 0. The summed E-state index contributed by atoms with van der Waals surface area (Å²) in [5, 5.41) is 5.60. The van der Waals surface area contributed by atoms with Gasteiger partial charge in [0.1, 0.15) is 5.82 Å². The Morgan fingerprint density at radius 2 is 2.04 bits per heavy atom. The molecule has 6 heteroatoms. The average molecular weight is 335 g/mol. The number of nitrogens with one attached hydrogen (secondary N) is 2. The molecule has 0 bridgehead atoms. The van der Waals surface area contributed by atoms with Crippen molar-refractivity contribution in [3.05, 3.63) is 35.6 Å². The molecule has 0 radical (unpaired) electrons. The van der Waals surface area contributed by atoms with Crippen LogP contribution in [0.25, 0.3) is 0 Å². The molecule has 2 rings (SSSR count). The van der Waals surface area contributed by atoms with Gasteiger partial charge in [-0.05, 0) is 31.9 Å². The third kappa shape index (κ3) is 5.92. The molecule has 0 spiro atoms. The molecule has 2 amide bonds. The molecule has 1 saturated heterocycles. The lowest BCUT2D eigenvalue weighted by Crippen LogP contribution is -2.46. The largest absolute Gasteiger partial charge is 0.356 e. The van der Waals surface area contributed by atoms with E-state index in [-0.39, 0.29) is 24.2 Å². The van der Waals surface area contributed by atoms with Gasteiger partial charge in [-0.3, -0.25) is 14.5 Å². The van der Waals surface area contributed by atoms with Crippen LogP contribution in [0.5, 0.6) is 0 Å². The van der Waals surface area contributed by atoms with E-state index in [1.54, 1.807) is 18.2 Å². The first-order valence-corrected chi connectivity index (χ1v) is 8.55. The Morgan fingerprint density at radius 3 is 2.79 bits per heavy atom. The average Bonchev–Trinajstić information content (AvgIpc) is 2.55. The van der Waals surface area contributed by atoms with Crippen LogP contribution in [0.1, 0.15) is 38.2 Å². The third-order valence-corrected chi connectivity index (χ3v) is 4.38. The van der Waals surface area contributed by atoms with Gasteiger partial charge in [-0.15, -0.1) is 0 Å². The summed E-state index contributed by atoms with van der Waals surface area (Å²) < 4.78 is 13.6. The predicted octanol–water partition coefficient (Wildman–Crippen LogP) is 1.82. The second kappa shape index (κ2) is 9.37. The Morgan fingerprint density at radius 1 is 1.25 bits per heavy atom. The van der Waals surface area contributed by atoms with Crippen LogP contribution in [0.2, 0.25) is 0 Å². The highest BCUT2D eigenvalue weighted by molar-refractivity contribution is 5.78. The van der Waals surface area contributed by atoms with E-state index < -0.39 is 0 Å². The monoisotopic (exact) mass is 335 g/mol. The maximum atomic E-state index is 13.6. The van der Waals surface area contributed by atoms with E-state index in [4.69, 9.17) is 0 Å². The van der Waals surface area contributed by atoms with Crippen LogP contribution in [0, 0.1) is 5.82 Å². The molecule has 1 aliphatic heterocycles. The van der Waals surface area contributed by atoms with Gasteiger partial charge in [0.15, 0.2) is 0 Å². The summed E-state index contributed by atoms with van der Waals surface area (Å²) in [7, 11) is 0. The maximum absolute atomic E-state index is 13.6. The number of likely N-dealkylation sites (tertiary alicyclic amines) is 1. The molecule has 1 atom stereocenters. The van der Waals surface area contributed by atoms with Crippen molar-refractivity contribution < 1.29 is 14.0 Å². The van der Waals surface area contributed by atoms with Crippen molar-refractivity contribution >= 4 is 11.8 Å². The van der Waals surface area contributed by atoms with Crippen LogP contribution in [0.3, 0.4) is 0 Å². The van der Waals surface area contributed by atoms with Gasteiger partial charge >= 0.3 is 0 Å². The number of carbonyl (C=O) groups is 2. The summed E-state index contributed by atoms with van der Waals surface area (Å²) in [5.41, 5.74) is 0.492. The third-order valence-electron chi connectivity index (χ3n) is 4.38. The van der Waals surface area contributed by atoms with Crippen LogP contribution in [0.4, 0.5) is 4.39 Å². The number of hydrogen-bond acceptors (Lipinski definition) is 3. The molecule has 1 aromatic carbocycles. The fourth-order valence-corrected chi connectivity index (χ4v) is 3.09. The molecule has 1 aromatic rings. The van der Waals surface area contributed by atoms with Crippen LogP contribution >= 0.6 is 0 Å². The Hall–Kier alpha value is -1.95. The first-order chi connectivity index (χ1) is 11.6. The number of benzene rings is 1. The lowest BCUT2D eigenvalue weighted by Gasteiger charge is -2.35. The van der Waals surface area contributed by atoms with E-state index in [0.29, 0.717) is 24.7 Å². The molecule has 0 aliphatic carbocycles. The van der Waals surface area contributed by atoms with E-state index in [2.05, 4.69) is 15.5 Å². The van der Waals surface area contributed by atoms with Gasteiger partial charge in [0.2, 0.25) is 11.8 Å². The second-order valence-corrected chi connectivity index (χ2v) is 6.26. The highest BCUT2D eigenvalue weighted by Gasteiger charge is 2.23. The van der Waals surface area contributed by atoms with Gasteiger partial charge in [-0.1, -0.05) is 24.6 Å². The molecule has 2 N–H and O–H groups in total. The van der Waals surface area contributed by atoms with Gasteiger partial charge in [0.05, 0.1) is 6.54 Å². The quantitative estimate of drug-likeness (QED) is 0.799. The highest BCUT2D eigenvalue weighted by atomic mass is 19.1. The number of rotatable bonds is 7. The fraction of sp³-hybridized carbons (Fsp3) is 0.556. The van der Waals surface area contributed by atoms with Crippen LogP contribution in [-0.4, -0.2) is 42.4 Å². The minimum Gasteiger partial charge on any atom is -0.356 e. The van der Waals surface area contributed by atoms with Crippen molar-refractivity contribution in [3.63, 3.8) is 0 Å². The first-order valence-electron chi connectivity index (χ1n) is 8.55. The van der Waals surface area contributed by atoms with Crippen LogP contribution in [0.15, 0.2) is 24.3 Å². The molecule has 5 nitrogen and oxygen atoms in total. The van der Waals surface area contributed by atoms with Gasteiger partial charge in [0.25, 0.3) is 0 Å². The predicted molar refractivity (Wildman–Crippen MR) is 90.8 cm³/mol. The van der Waals surface area contributed by atoms with Crippen LogP contribution in [-0.2, 0) is 16.1 Å². The lowest BCUT2D eigenvalue weighted by atomic mass is 9.99. The fourth-order valence-electron chi connectivity index (χ4n) is 3.09. The van der Waals surface area contributed by atoms with E-state index in [1.807, 2.05) is 0 Å². The number of amides is 2. The Bertz CT molecular complexity index is 565. The van der Waals surface area contributed by atoms with Gasteiger partial charge in [-0.25, -0.2) is 4.39 Å². The van der Waals surface area contributed by atoms with Crippen LogP contribution < -0.4 is 10.6 Å². The Labute approximate surface area is 142 Å². The summed E-state index contributed by atoms with van der Waals surface area (Å²) in [4.78, 5) is 25.3. The van der Waals surface area contributed by atoms with Crippen molar-refractivity contribution in [2.24, 2.45) is 0 Å². The number of carbonyl (C=O) groups excluding carboxylic acids is 2. The standard InChI is InChI=1S/C18H26FN3O2/c1-14(23)20-10-9-16-7-4-5-11-22(16)13-18(24)21-12-15-6-2-3-8-17(15)19/h2-3,6,8,16H,4-5,7,9-13H2,1H3,(H,20,23)(H,21,24)/t16-/m0/s1. The van der Waals surface area contributed by atoms with Gasteiger partial charge < -0.3 is 10.6 Å². The normalized spacial score (nSPS) is 18.2. The minimum absolute atomic E-state index is 0.0278. The van der Waals surface area contributed by atoms with E-state index in [0.717, 1.165) is 32.2 Å². The van der Waals surface area contributed by atoms with Gasteiger partial charge in [0, 0.05) is 31.6 Å². The molecule has 1 fully saturated rings. The number of halogens is 1. The molecule has 0 unspecified atom stereocenters.